The second kappa shape index (κ2) is 5.23. The Hall–Kier alpha value is -1.81. The third kappa shape index (κ3) is 2.71. The Morgan fingerprint density at radius 3 is 2.67 bits per heavy atom. The van der Waals surface area contributed by atoms with Crippen LogP contribution in [0.3, 0.4) is 0 Å². The summed E-state index contributed by atoms with van der Waals surface area (Å²) in [5, 5.41) is 0.0702. The van der Waals surface area contributed by atoms with Crippen LogP contribution in [0.2, 0.25) is 5.02 Å². The fourth-order valence-corrected chi connectivity index (χ4v) is 1.89. The number of hydrogen-bond acceptors (Lipinski definition) is 3. The van der Waals surface area contributed by atoms with Crippen LogP contribution in [0.5, 0.6) is 0 Å². The molecule has 2 N–H and O–H groups in total. The van der Waals surface area contributed by atoms with Crippen LogP contribution in [0.1, 0.15) is 5.56 Å². The number of pyridine rings is 1. The minimum atomic E-state index is -0.504. The molecule has 1 aromatic carbocycles. The summed E-state index contributed by atoms with van der Waals surface area (Å²) >= 11 is 5.77. The molecule has 2 aromatic rings. The smallest absolute Gasteiger partial charge is 0.143 e. The van der Waals surface area contributed by atoms with Gasteiger partial charge >= 0.3 is 0 Å². The van der Waals surface area contributed by atoms with Gasteiger partial charge in [-0.3, -0.25) is 4.98 Å². The van der Waals surface area contributed by atoms with E-state index in [0.717, 1.165) is 5.56 Å². The van der Waals surface area contributed by atoms with Crippen LogP contribution in [0.25, 0.3) is 0 Å². The molecule has 1 aromatic heterocycles. The minimum absolute atomic E-state index is 0.0702. The van der Waals surface area contributed by atoms with Crippen LogP contribution in [-0.4, -0.2) is 12.0 Å². The first-order chi connectivity index (χ1) is 8.58. The summed E-state index contributed by atoms with van der Waals surface area (Å²) < 4.78 is 13.2. The van der Waals surface area contributed by atoms with Gasteiger partial charge in [-0.15, -0.1) is 0 Å². The summed E-state index contributed by atoms with van der Waals surface area (Å²) in [7, 11) is 1.88. The molecular weight excluding hydrogens is 253 g/mol. The summed E-state index contributed by atoms with van der Waals surface area (Å²) in [6.45, 7) is 0.648. The molecule has 0 saturated carbocycles. The predicted octanol–water partition coefficient (Wildman–Crippen LogP) is 3.09. The van der Waals surface area contributed by atoms with Crippen molar-refractivity contribution in [3.05, 3.63) is 53.1 Å². The average molecular weight is 266 g/mol. The fourth-order valence-electron chi connectivity index (χ4n) is 1.73. The quantitative estimate of drug-likeness (QED) is 0.867. The van der Waals surface area contributed by atoms with Crippen molar-refractivity contribution in [3.63, 3.8) is 0 Å². The predicted molar refractivity (Wildman–Crippen MR) is 72.2 cm³/mol. The first kappa shape index (κ1) is 12.6. The van der Waals surface area contributed by atoms with E-state index in [9.17, 15) is 4.39 Å². The standard InChI is InChI=1S/C13H13ClFN3/c1-18(8-9-2-4-17-5-3-9)13-6-10(14)11(15)7-12(13)16/h2-7H,8,16H2,1H3. The maximum Gasteiger partial charge on any atom is 0.143 e. The van der Waals surface area contributed by atoms with Gasteiger partial charge in [0.1, 0.15) is 5.82 Å². The number of hydrogen-bond donors (Lipinski definition) is 1. The van der Waals surface area contributed by atoms with Crippen molar-refractivity contribution in [2.45, 2.75) is 6.54 Å². The van der Waals surface area contributed by atoms with E-state index >= 15 is 0 Å². The van der Waals surface area contributed by atoms with E-state index in [1.807, 2.05) is 24.1 Å². The van der Waals surface area contributed by atoms with E-state index in [0.29, 0.717) is 17.9 Å². The molecule has 0 spiro atoms. The van der Waals surface area contributed by atoms with Gasteiger partial charge in [0, 0.05) is 32.1 Å². The third-order valence-corrected chi connectivity index (χ3v) is 2.94. The fraction of sp³-hybridized carbons (Fsp3) is 0.154. The first-order valence-electron chi connectivity index (χ1n) is 5.42. The Balaban J connectivity index is 2.24. The van der Waals surface area contributed by atoms with E-state index in [1.54, 1.807) is 12.4 Å². The van der Waals surface area contributed by atoms with Crippen molar-refractivity contribution in [2.24, 2.45) is 0 Å². The molecule has 0 unspecified atom stereocenters. The molecular formula is C13H13ClFN3. The van der Waals surface area contributed by atoms with Crippen molar-refractivity contribution in [3.8, 4) is 0 Å². The largest absolute Gasteiger partial charge is 0.397 e. The van der Waals surface area contributed by atoms with Gasteiger partial charge in [0.25, 0.3) is 0 Å². The zero-order chi connectivity index (χ0) is 13.1. The zero-order valence-corrected chi connectivity index (χ0v) is 10.7. The lowest BCUT2D eigenvalue weighted by atomic mass is 10.2. The number of halogens is 2. The van der Waals surface area contributed by atoms with E-state index in [-0.39, 0.29) is 5.02 Å². The van der Waals surface area contributed by atoms with Crippen molar-refractivity contribution in [2.75, 3.05) is 17.7 Å². The summed E-state index contributed by atoms with van der Waals surface area (Å²) in [6.07, 6.45) is 3.45. The highest BCUT2D eigenvalue weighted by molar-refractivity contribution is 6.31. The maximum absolute atomic E-state index is 13.2. The molecule has 0 bridgehead atoms. The lowest BCUT2D eigenvalue weighted by molar-refractivity contribution is 0.628. The molecule has 1 heterocycles. The van der Waals surface area contributed by atoms with Gasteiger partial charge in [-0.1, -0.05) is 11.6 Å². The molecule has 0 aliphatic rings. The van der Waals surface area contributed by atoms with Crippen LogP contribution in [0.4, 0.5) is 15.8 Å². The highest BCUT2D eigenvalue weighted by Gasteiger charge is 2.10. The number of aromatic nitrogens is 1. The Morgan fingerprint density at radius 2 is 2.00 bits per heavy atom. The molecule has 0 aliphatic heterocycles. The Labute approximate surface area is 110 Å². The Morgan fingerprint density at radius 1 is 1.33 bits per heavy atom. The molecule has 0 atom stereocenters. The second-order valence-corrected chi connectivity index (χ2v) is 4.44. The maximum atomic E-state index is 13.2. The number of rotatable bonds is 3. The van der Waals surface area contributed by atoms with Gasteiger partial charge < -0.3 is 10.6 Å². The van der Waals surface area contributed by atoms with E-state index in [4.69, 9.17) is 17.3 Å². The Bertz CT molecular complexity index is 545. The zero-order valence-electron chi connectivity index (χ0n) is 9.90. The summed E-state index contributed by atoms with van der Waals surface area (Å²) in [4.78, 5) is 5.87. The topological polar surface area (TPSA) is 42.2 Å². The van der Waals surface area contributed by atoms with E-state index in [2.05, 4.69) is 4.98 Å². The summed E-state index contributed by atoms with van der Waals surface area (Å²) in [6, 6.07) is 6.60. The number of nitrogens with zero attached hydrogens (tertiary/aromatic N) is 2. The van der Waals surface area contributed by atoms with Crippen molar-refractivity contribution in [1.29, 1.82) is 0 Å². The van der Waals surface area contributed by atoms with Gasteiger partial charge in [-0.2, -0.15) is 0 Å². The van der Waals surface area contributed by atoms with Crippen LogP contribution >= 0.6 is 11.6 Å². The van der Waals surface area contributed by atoms with Crippen LogP contribution in [0, 0.1) is 5.82 Å². The summed E-state index contributed by atoms with van der Waals surface area (Å²) in [5.41, 5.74) is 7.96. The highest BCUT2D eigenvalue weighted by Crippen LogP contribution is 2.29. The molecule has 0 radical (unpaired) electrons. The van der Waals surface area contributed by atoms with Gasteiger partial charge in [-0.25, -0.2) is 4.39 Å². The second-order valence-electron chi connectivity index (χ2n) is 4.04. The first-order valence-corrected chi connectivity index (χ1v) is 5.80. The van der Waals surface area contributed by atoms with Crippen molar-refractivity contribution in [1.82, 2.24) is 4.98 Å². The average Bonchev–Trinajstić information content (AvgIpc) is 2.35. The van der Waals surface area contributed by atoms with Gasteiger partial charge in [0.15, 0.2) is 0 Å². The molecule has 2 rings (SSSR count). The number of benzene rings is 1. The normalized spacial score (nSPS) is 10.4. The SMILES string of the molecule is CN(Cc1ccncc1)c1cc(Cl)c(F)cc1N. The summed E-state index contributed by atoms with van der Waals surface area (Å²) in [5.74, 6) is -0.504. The van der Waals surface area contributed by atoms with Gasteiger partial charge in [-0.05, 0) is 23.8 Å². The molecule has 94 valence electrons. The molecule has 0 aliphatic carbocycles. The lowest BCUT2D eigenvalue weighted by Crippen LogP contribution is -2.18. The third-order valence-electron chi connectivity index (χ3n) is 2.65. The highest BCUT2D eigenvalue weighted by atomic mass is 35.5. The van der Waals surface area contributed by atoms with Crippen molar-refractivity contribution < 1.29 is 4.39 Å². The van der Waals surface area contributed by atoms with Crippen molar-refractivity contribution >= 4 is 23.0 Å². The number of nitrogen functional groups attached to an aromatic ring is 1. The molecule has 0 saturated heterocycles. The molecule has 18 heavy (non-hydrogen) atoms. The van der Waals surface area contributed by atoms with E-state index in [1.165, 1.54) is 12.1 Å². The monoisotopic (exact) mass is 265 g/mol. The molecule has 0 fully saturated rings. The molecule has 3 nitrogen and oxygen atoms in total. The van der Waals surface area contributed by atoms with Crippen LogP contribution in [0.15, 0.2) is 36.7 Å². The van der Waals surface area contributed by atoms with Gasteiger partial charge in [0.05, 0.1) is 16.4 Å². The van der Waals surface area contributed by atoms with E-state index < -0.39 is 5.82 Å². The number of nitrogens with two attached hydrogens (primary N) is 1. The van der Waals surface area contributed by atoms with Crippen LogP contribution < -0.4 is 10.6 Å². The van der Waals surface area contributed by atoms with Gasteiger partial charge in [0.2, 0.25) is 0 Å². The minimum Gasteiger partial charge on any atom is -0.397 e. The Kier molecular flexibility index (Phi) is 3.67. The number of anilines is 2. The molecule has 0 amide bonds. The van der Waals surface area contributed by atoms with Crippen LogP contribution in [-0.2, 0) is 6.54 Å². The molecule has 5 heteroatoms. The lowest BCUT2D eigenvalue weighted by Gasteiger charge is -2.21.